The van der Waals surface area contributed by atoms with Crippen LogP contribution in [0.15, 0.2) is 36.4 Å². The average molecular weight is 350 g/mol. The molecule has 0 bridgehead atoms. The van der Waals surface area contributed by atoms with Gasteiger partial charge in [-0.05, 0) is 62.6 Å². The molecule has 0 N–H and O–H groups in total. The van der Waals surface area contributed by atoms with Crippen LogP contribution in [0.5, 0.6) is 5.75 Å². The van der Waals surface area contributed by atoms with Crippen molar-refractivity contribution in [2.24, 2.45) is 0 Å². The quantitative estimate of drug-likeness (QED) is 0.456. The molecule has 4 rings (SSSR count). The molecule has 0 saturated heterocycles. The van der Waals surface area contributed by atoms with Gasteiger partial charge in [0.05, 0.1) is 22.5 Å². The second kappa shape index (κ2) is 6.19. The van der Waals surface area contributed by atoms with E-state index < -0.39 is 0 Å². The van der Waals surface area contributed by atoms with Crippen LogP contribution < -0.4 is 4.74 Å². The Hall–Kier alpha value is -2.33. The highest BCUT2D eigenvalue weighted by Gasteiger charge is 2.16. The molecule has 0 radical (unpaired) electrons. The molecule has 0 unspecified atom stereocenters. The number of benzene rings is 2. The van der Waals surface area contributed by atoms with Crippen LogP contribution in [0.2, 0.25) is 0 Å². The van der Waals surface area contributed by atoms with Crippen LogP contribution in [0.4, 0.5) is 0 Å². The third-order valence-corrected chi connectivity index (χ3v) is 5.71. The molecule has 2 heterocycles. The van der Waals surface area contributed by atoms with E-state index in [0.29, 0.717) is 0 Å². The normalized spacial score (nSPS) is 11.5. The molecule has 128 valence electrons. The molecule has 0 spiro atoms. The first-order valence-corrected chi connectivity index (χ1v) is 9.52. The topological polar surface area (TPSA) is 26.5 Å². The van der Waals surface area contributed by atoms with Crippen LogP contribution in [-0.4, -0.2) is 16.0 Å². The summed E-state index contributed by atoms with van der Waals surface area (Å²) in [6, 6.07) is 12.9. The predicted octanol–water partition coefficient (Wildman–Crippen LogP) is 5.93. The minimum absolute atomic E-state index is 0.754. The zero-order valence-electron chi connectivity index (χ0n) is 15.1. The van der Waals surface area contributed by atoms with Gasteiger partial charge in [-0.25, -0.2) is 4.98 Å². The summed E-state index contributed by atoms with van der Waals surface area (Å²) in [5.74, 6) is 0.936. The standard InChI is InChI=1S/C21H22N2OS/c1-5-10-24-17-8-9-18-19(12-17)25-21-22-20(15(4)23(18)21)16-7-6-13(2)14(3)11-16/h6-9,11-12H,5,10H2,1-4H3. The summed E-state index contributed by atoms with van der Waals surface area (Å²) >= 11 is 1.72. The number of hydrogen-bond acceptors (Lipinski definition) is 3. The molecule has 25 heavy (non-hydrogen) atoms. The summed E-state index contributed by atoms with van der Waals surface area (Å²) < 4.78 is 9.23. The van der Waals surface area contributed by atoms with Crippen molar-refractivity contribution in [2.75, 3.05) is 6.61 Å². The fourth-order valence-corrected chi connectivity index (χ4v) is 4.26. The largest absolute Gasteiger partial charge is 0.494 e. The van der Waals surface area contributed by atoms with Gasteiger partial charge in [-0.15, -0.1) is 0 Å². The lowest BCUT2D eigenvalue weighted by molar-refractivity contribution is 0.318. The number of imidazole rings is 1. The number of fused-ring (bicyclic) bond motifs is 3. The highest BCUT2D eigenvalue weighted by atomic mass is 32.1. The van der Waals surface area contributed by atoms with E-state index in [4.69, 9.17) is 9.72 Å². The third kappa shape index (κ3) is 2.71. The number of rotatable bonds is 4. The molecule has 0 aliphatic rings. The summed E-state index contributed by atoms with van der Waals surface area (Å²) in [5, 5.41) is 0. The molecule has 3 nitrogen and oxygen atoms in total. The molecule has 0 saturated carbocycles. The number of hydrogen-bond donors (Lipinski definition) is 0. The summed E-state index contributed by atoms with van der Waals surface area (Å²) in [5.41, 5.74) is 7.26. The number of thiazole rings is 1. The van der Waals surface area contributed by atoms with E-state index in [2.05, 4.69) is 68.5 Å². The van der Waals surface area contributed by atoms with Crippen molar-refractivity contribution in [2.45, 2.75) is 34.1 Å². The zero-order valence-corrected chi connectivity index (χ0v) is 15.9. The first kappa shape index (κ1) is 16.2. The van der Waals surface area contributed by atoms with Crippen molar-refractivity contribution in [1.82, 2.24) is 9.38 Å². The molecule has 2 aromatic carbocycles. The van der Waals surface area contributed by atoms with Gasteiger partial charge < -0.3 is 4.74 Å². The third-order valence-electron chi connectivity index (χ3n) is 4.70. The van der Waals surface area contributed by atoms with Crippen LogP contribution in [-0.2, 0) is 0 Å². The van der Waals surface area contributed by atoms with Gasteiger partial charge in [0.15, 0.2) is 4.96 Å². The number of nitrogens with zero attached hydrogens (tertiary/aromatic N) is 2. The Labute approximate surface area is 151 Å². The lowest BCUT2D eigenvalue weighted by Gasteiger charge is -2.05. The molecule has 4 heteroatoms. The smallest absolute Gasteiger partial charge is 0.195 e. The Morgan fingerprint density at radius 2 is 1.88 bits per heavy atom. The van der Waals surface area contributed by atoms with E-state index in [1.807, 2.05) is 0 Å². The van der Waals surface area contributed by atoms with E-state index in [0.717, 1.165) is 29.4 Å². The molecule has 0 aliphatic carbocycles. The fraction of sp³-hybridized carbons (Fsp3) is 0.286. The SMILES string of the molecule is CCCOc1ccc2c(c1)sc1nc(-c3ccc(C)c(C)c3)c(C)n12. The van der Waals surface area contributed by atoms with Gasteiger partial charge >= 0.3 is 0 Å². The van der Waals surface area contributed by atoms with Crippen LogP contribution in [0.3, 0.4) is 0 Å². The van der Waals surface area contributed by atoms with Crippen LogP contribution >= 0.6 is 11.3 Å². The maximum absolute atomic E-state index is 5.76. The van der Waals surface area contributed by atoms with E-state index in [9.17, 15) is 0 Å². The second-order valence-corrected chi connectivity index (χ2v) is 7.55. The van der Waals surface area contributed by atoms with E-state index in [-0.39, 0.29) is 0 Å². The van der Waals surface area contributed by atoms with Crippen molar-refractivity contribution in [1.29, 1.82) is 0 Å². The maximum atomic E-state index is 5.76. The van der Waals surface area contributed by atoms with Gasteiger partial charge in [0.1, 0.15) is 5.75 Å². The van der Waals surface area contributed by atoms with Gasteiger partial charge in [-0.2, -0.15) is 0 Å². The minimum atomic E-state index is 0.754. The van der Waals surface area contributed by atoms with E-state index in [1.54, 1.807) is 11.3 Å². The number of aryl methyl sites for hydroxylation is 3. The zero-order chi connectivity index (χ0) is 17.6. The summed E-state index contributed by atoms with van der Waals surface area (Å²) in [6.07, 6.45) is 1.02. The van der Waals surface area contributed by atoms with Crippen molar-refractivity contribution in [3.8, 4) is 17.0 Å². The van der Waals surface area contributed by atoms with E-state index in [1.165, 1.54) is 32.6 Å². The van der Waals surface area contributed by atoms with Gasteiger partial charge in [0.2, 0.25) is 0 Å². The molecule has 0 amide bonds. The Morgan fingerprint density at radius 3 is 2.64 bits per heavy atom. The number of ether oxygens (including phenoxy) is 1. The van der Waals surface area contributed by atoms with Crippen LogP contribution in [0.1, 0.15) is 30.2 Å². The molecular weight excluding hydrogens is 328 g/mol. The minimum Gasteiger partial charge on any atom is -0.494 e. The van der Waals surface area contributed by atoms with Crippen molar-refractivity contribution in [3.05, 3.63) is 53.2 Å². The highest BCUT2D eigenvalue weighted by molar-refractivity contribution is 7.23. The van der Waals surface area contributed by atoms with Gasteiger partial charge in [-0.3, -0.25) is 4.40 Å². The lowest BCUT2D eigenvalue weighted by atomic mass is 10.0. The molecular formula is C21H22N2OS. The van der Waals surface area contributed by atoms with Crippen LogP contribution in [0.25, 0.3) is 26.4 Å². The monoisotopic (exact) mass is 350 g/mol. The Kier molecular flexibility index (Phi) is 4.00. The van der Waals surface area contributed by atoms with E-state index >= 15 is 0 Å². The number of aromatic nitrogens is 2. The summed E-state index contributed by atoms with van der Waals surface area (Å²) in [4.78, 5) is 5.96. The van der Waals surface area contributed by atoms with Crippen LogP contribution in [0, 0.1) is 20.8 Å². The Morgan fingerprint density at radius 1 is 1.04 bits per heavy atom. The Balaban J connectivity index is 1.84. The molecule has 0 atom stereocenters. The summed E-state index contributed by atoms with van der Waals surface area (Å²) in [7, 11) is 0. The first-order valence-electron chi connectivity index (χ1n) is 8.70. The molecule has 0 aliphatic heterocycles. The maximum Gasteiger partial charge on any atom is 0.195 e. The van der Waals surface area contributed by atoms with Crippen molar-refractivity contribution < 1.29 is 4.74 Å². The van der Waals surface area contributed by atoms with Gasteiger partial charge in [0, 0.05) is 11.3 Å². The molecule has 2 aromatic heterocycles. The lowest BCUT2D eigenvalue weighted by Crippen LogP contribution is -1.94. The Bertz CT molecular complexity index is 1070. The van der Waals surface area contributed by atoms with Crippen molar-refractivity contribution >= 4 is 26.5 Å². The predicted molar refractivity (Wildman–Crippen MR) is 106 cm³/mol. The fourth-order valence-electron chi connectivity index (χ4n) is 3.16. The molecule has 4 aromatic rings. The van der Waals surface area contributed by atoms with Crippen molar-refractivity contribution in [3.63, 3.8) is 0 Å². The van der Waals surface area contributed by atoms with Gasteiger partial charge in [-0.1, -0.05) is 30.4 Å². The first-order chi connectivity index (χ1) is 12.1. The second-order valence-electron chi connectivity index (χ2n) is 6.54. The average Bonchev–Trinajstić information content (AvgIpc) is 3.11. The van der Waals surface area contributed by atoms with Gasteiger partial charge in [0.25, 0.3) is 0 Å². The highest BCUT2D eigenvalue weighted by Crippen LogP contribution is 2.34. The molecule has 0 fully saturated rings. The summed E-state index contributed by atoms with van der Waals surface area (Å²) in [6.45, 7) is 9.32.